The molecule has 0 atom stereocenters. The lowest BCUT2D eigenvalue weighted by Gasteiger charge is -2.05. The fraction of sp³-hybridized carbons (Fsp3) is 0.300. The second-order valence-corrected chi connectivity index (χ2v) is 3.38. The molecule has 1 aromatic heterocycles. The number of carbonyl (C=O) groups is 2. The molecule has 0 bridgehead atoms. The highest BCUT2D eigenvalue weighted by Gasteiger charge is 2.06. The molecule has 7 heteroatoms. The maximum atomic E-state index is 11.6. The van der Waals surface area contributed by atoms with Gasteiger partial charge in [0.25, 0.3) is 5.91 Å². The number of nitrogens with one attached hydrogen (secondary N) is 2. The topological polar surface area (TPSA) is 123 Å². The average Bonchev–Trinajstić information content (AvgIpc) is 2.34. The van der Waals surface area contributed by atoms with Gasteiger partial charge in [-0.05, 0) is 18.6 Å². The summed E-state index contributed by atoms with van der Waals surface area (Å²) in [6, 6.07) is 4.88. The summed E-state index contributed by atoms with van der Waals surface area (Å²) in [6.07, 6.45) is 0.758. The van der Waals surface area contributed by atoms with Crippen LogP contribution in [0.4, 0.5) is 5.82 Å². The van der Waals surface area contributed by atoms with Crippen LogP contribution in [0.5, 0.6) is 0 Å². The normalized spacial score (nSPS) is 9.71. The van der Waals surface area contributed by atoms with Crippen molar-refractivity contribution in [3.05, 3.63) is 23.9 Å². The number of amides is 2. The van der Waals surface area contributed by atoms with E-state index in [1.165, 1.54) is 0 Å². The molecule has 0 unspecified atom stereocenters. The van der Waals surface area contributed by atoms with E-state index in [0.29, 0.717) is 18.8 Å². The highest BCUT2D eigenvalue weighted by Crippen LogP contribution is 2.02. The molecule has 0 saturated heterocycles. The lowest BCUT2D eigenvalue weighted by atomic mass is 10.3. The minimum Gasteiger partial charge on any atom is -0.370 e. The monoisotopic (exact) mass is 237 g/mol. The number of rotatable bonds is 6. The Morgan fingerprint density at radius 2 is 2.12 bits per heavy atom. The summed E-state index contributed by atoms with van der Waals surface area (Å²) < 4.78 is 0. The molecule has 17 heavy (non-hydrogen) atoms. The molecule has 7 nitrogen and oxygen atoms in total. The van der Waals surface area contributed by atoms with E-state index in [1.807, 2.05) is 0 Å². The zero-order valence-electron chi connectivity index (χ0n) is 9.27. The predicted octanol–water partition coefficient (Wildman–Crippen LogP) is -0.637. The minimum atomic E-state index is -0.383. The molecule has 0 aromatic carbocycles. The number of anilines is 1. The SMILES string of the molecule is NNc1cccc(C(=O)NCCCC(N)=O)n1. The molecule has 0 spiro atoms. The average molecular weight is 237 g/mol. The molecular weight excluding hydrogens is 222 g/mol. The number of pyridine rings is 1. The van der Waals surface area contributed by atoms with Crippen LogP contribution in [0, 0.1) is 0 Å². The van der Waals surface area contributed by atoms with Crippen LogP contribution >= 0.6 is 0 Å². The summed E-state index contributed by atoms with van der Waals surface area (Å²) in [4.78, 5) is 26.0. The molecule has 1 heterocycles. The second kappa shape index (κ2) is 6.44. The van der Waals surface area contributed by atoms with E-state index in [9.17, 15) is 9.59 Å². The first kappa shape index (κ1) is 12.9. The molecule has 0 aliphatic rings. The van der Waals surface area contributed by atoms with Crippen LogP contribution in [0.1, 0.15) is 23.3 Å². The highest BCUT2D eigenvalue weighted by molar-refractivity contribution is 5.92. The predicted molar refractivity (Wildman–Crippen MR) is 62.8 cm³/mol. The van der Waals surface area contributed by atoms with Gasteiger partial charge < -0.3 is 16.5 Å². The van der Waals surface area contributed by atoms with Crippen LogP contribution in [0.15, 0.2) is 18.2 Å². The quantitative estimate of drug-likeness (QED) is 0.298. The summed E-state index contributed by atoms with van der Waals surface area (Å²) in [5.74, 6) is 4.89. The summed E-state index contributed by atoms with van der Waals surface area (Å²) in [6.45, 7) is 0.379. The first-order chi connectivity index (χ1) is 8.13. The van der Waals surface area contributed by atoms with Gasteiger partial charge in [-0.25, -0.2) is 10.8 Å². The van der Waals surface area contributed by atoms with Gasteiger partial charge in [-0.15, -0.1) is 0 Å². The molecular formula is C10H15N5O2. The van der Waals surface area contributed by atoms with Gasteiger partial charge in [0.05, 0.1) is 0 Å². The molecule has 6 N–H and O–H groups in total. The summed E-state index contributed by atoms with van der Waals surface area (Å²) in [5.41, 5.74) is 7.59. The number of hydrazine groups is 1. The van der Waals surface area contributed by atoms with Crippen LogP contribution in [-0.4, -0.2) is 23.3 Å². The Hall–Kier alpha value is -2.15. The van der Waals surface area contributed by atoms with Gasteiger partial charge in [0.1, 0.15) is 11.5 Å². The van der Waals surface area contributed by atoms with Crippen molar-refractivity contribution in [1.29, 1.82) is 0 Å². The highest BCUT2D eigenvalue weighted by atomic mass is 16.2. The van der Waals surface area contributed by atoms with Crippen molar-refractivity contribution >= 4 is 17.6 Å². The fourth-order valence-electron chi connectivity index (χ4n) is 1.20. The van der Waals surface area contributed by atoms with Crippen molar-refractivity contribution in [2.75, 3.05) is 12.0 Å². The molecule has 1 rings (SSSR count). The van der Waals surface area contributed by atoms with Crippen molar-refractivity contribution < 1.29 is 9.59 Å². The first-order valence-corrected chi connectivity index (χ1v) is 5.13. The Morgan fingerprint density at radius 3 is 2.76 bits per heavy atom. The summed E-state index contributed by atoms with van der Waals surface area (Å²) >= 11 is 0. The van der Waals surface area contributed by atoms with E-state index in [0.717, 1.165) is 0 Å². The van der Waals surface area contributed by atoms with Crippen molar-refractivity contribution in [1.82, 2.24) is 10.3 Å². The Bertz CT molecular complexity index is 407. The molecule has 2 amide bonds. The molecule has 0 radical (unpaired) electrons. The number of carbonyl (C=O) groups excluding carboxylic acids is 2. The van der Waals surface area contributed by atoms with Gasteiger partial charge in [0.2, 0.25) is 5.91 Å². The fourth-order valence-corrected chi connectivity index (χ4v) is 1.20. The minimum absolute atomic E-state index is 0.248. The van der Waals surface area contributed by atoms with Crippen LogP contribution in [0.25, 0.3) is 0 Å². The standard InChI is InChI=1S/C10H15N5O2/c11-8(16)4-2-6-13-10(17)7-3-1-5-9(14-7)15-12/h1,3,5H,2,4,6,12H2,(H2,11,16)(H,13,17)(H,14,15). The van der Waals surface area contributed by atoms with E-state index < -0.39 is 0 Å². The lowest BCUT2D eigenvalue weighted by molar-refractivity contribution is -0.118. The lowest BCUT2D eigenvalue weighted by Crippen LogP contribution is -2.26. The van der Waals surface area contributed by atoms with Gasteiger partial charge in [-0.1, -0.05) is 6.07 Å². The van der Waals surface area contributed by atoms with Crippen molar-refractivity contribution in [2.45, 2.75) is 12.8 Å². The number of primary amides is 1. The number of nitrogen functional groups attached to an aromatic ring is 1. The Kier molecular flexibility index (Phi) is 4.89. The van der Waals surface area contributed by atoms with Gasteiger partial charge in [0, 0.05) is 13.0 Å². The molecule has 0 saturated carbocycles. The van der Waals surface area contributed by atoms with Crippen LogP contribution in [0.2, 0.25) is 0 Å². The molecule has 92 valence electrons. The van der Waals surface area contributed by atoms with Crippen molar-refractivity contribution in [3.8, 4) is 0 Å². The molecule has 0 fully saturated rings. The number of nitrogens with two attached hydrogens (primary N) is 2. The zero-order chi connectivity index (χ0) is 12.7. The van der Waals surface area contributed by atoms with Crippen LogP contribution in [-0.2, 0) is 4.79 Å². The van der Waals surface area contributed by atoms with Crippen molar-refractivity contribution in [3.63, 3.8) is 0 Å². The molecule has 0 aliphatic heterocycles. The van der Waals surface area contributed by atoms with Gasteiger partial charge >= 0.3 is 0 Å². The molecule has 1 aromatic rings. The molecule has 0 aliphatic carbocycles. The van der Waals surface area contributed by atoms with Crippen molar-refractivity contribution in [2.24, 2.45) is 11.6 Å². The van der Waals surface area contributed by atoms with Crippen LogP contribution in [0.3, 0.4) is 0 Å². The maximum absolute atomic E-state index is 11.6. The van der Waals surface area contributed by atoms with E-state index in [4.69, 9.17) is 11.6 Å². The second-order valence-electron chi connectivity index (χ2n) is 3.38. The van der Waals surface area contributed by atoms with E-state index in [2.05, 4.69) is 15.7 Å². The van der Waals surface area contributed by atoms with E-state index in [-0.39, 0.29) is 23.9 Å². The Balaban J connectivity index is 2.43. The Labute approximate surface area is 98.5 Å². The van der Waals surface area contributed by atoms with E-state index >= 15 is 0 Å². The maximum Gasteiger partial charge on any atom is 0.269 e. The third-order valence-electron chi connectivity index (χ3n) is 2.02. The Morgan fingerprint density at radius 1 is 1.35 bits per heavy atom. The largest absolute Gasteiger partial charge is 0.370 e. The number of hydrogen-bond acceptors (Lipinski definition) is 5. The number of aromatic nitrogens is 1. The number of nitrogens with zero attached hydrogens (tertiary/aromatic N) is 1. The van der Waals surface area contributed by atoms with E-state index in [1.54, 1.807) is 18.2 Å². The summed E-state index contributed by atoms with van der Waals surface area (Å²) in [5, 5.41) is 2.63. The zero-order valence-corrected chi connectivity index (χ0v) is 9.27. The van der Waals surface area contributed by atoms with Gasteiger partial charge in [0.15, 0.2) is 0 Å². The van der Waals surface area contributed by atoms with Crippen LogP contribution < -0.4 is 22.3 Å². The number of hydrogen-bond donors (Lipinski definition) is 4. The first-order valence-electron chi connectivity index (χ1n) is 5.13. The third-order valence-corrected chi connectivity index (χ3v) is 2.02. The third kappa shape index (κ3) is 4.47. The summed E-state index contributed by atoms with van der Waals surface area (Å²) in [7, 11) is 0. The smallest absolute Gasteiger partial charge is 0.269 e. The van der Waals surface area contributed by atoms with Gasteiger partial charge in [-0.2, -0.15) is 0 Å². The van der Waals surface area contributed by atoms with Gasteiger partial charge in [-0.3, -0.25) is 9.59 Å².